The Morgan fingerprint density at radius 2 is 2.05 bits per heavy atom. The molecule has 0 spiro atoms. The molecule has 0 aliphatic heterocycles. The Morgan fingerprint density at radius 1 is 1.26 bits per heavy atom. The molecule has 0 radical (unpaired) electrons. The second-order valence-corrected chi connectivity index (χ2v) is 4.76. The Kier molecular flexibility index (Phi) is 4.25. The van der Waals surface area contributed by atoms with Gasteiger partial charge in [0, 0.05) is 11.9 Å². The lowest BCUT2D eigenvalue weighted by molar-refractivity contribution is 0.419. The van der Waals surface area contributed by atoms with Gasteiger partial charge in [-0.15, -0.1) is 0 Å². The standard InChI is InChI=1S/C16H22N2O/c1-5-7-12-10-13-11(3)8-9-14(19-4)15(13)18-16(12)17-6-2/h8-10H,5-7H2,1-4H3,(H,17,18). The molecule has 3 heteroatoms. The maximum Gasteiger partial charge on any atom is 0.145 e. The second kappa shape index (κ2) is 5.91. The quantitative estimate of drug-likeness (QED) is 0.882. The number of ether oxygens (including phenoxy) is 1. The van der Waals surface area contributed by atoms with Gasteiger partial charge in [0.1, 0.15) is 17.1 Å². The number of aryl methyl sites for hydroxylation is 2. The lowest BCUT2D eigenvalue weighted by Gasteiger charge is -2.14. The highest BCUT2D eigenvalue weighted by Crippen LogP contribution is 2.30. The van der Waals surface area contributed by atoms with Gasteiger partial charge in [0.05, 0.1) is 7.11 Å². The maximum absolute atomic E-state index is 5.43. The van der Waals surface area contributed by atoms with Crippen molar-refractivity contribution in [3.8, 4) is 5.75 Å². The summed E-state index contributed by atoms with van der Waals surface area (Å²) in [5, 5.41) is 4.54. The third-order valence-corrected chi connectivity index (χ3v) is 3.33. The molecule has 0 unspecified atom stereocenters. The predicted octanol–water partition coefficient (Wildman–Crippen LogP) is 3.94. The van der Waals surface area contributed by atoms with Crippen molar-refractivity contribution < 1.29 is 4.74 Å². The van der Waals surface area contributed by atoms with Crippen molar-refractivity contribution in [2.75, 3.05) is 19.0 Å². The van der Waals surface area contributed by atoms with E-state index in [2.05, 4.69) is 38.2 Å². The lowest BCUT2D eigenvalue weighted by Crippen LogP contribution is -2.04. The zero-order valence-electron chi connectivity index (χ0n) is 12.2. The molecule has 19 heavy (non-hydrogen) atoms. The number of rotatable bonds is 5. The van der Waals surface area contributed by atoms with E-state index in [0.29, 0.717) is 0 Å². The summed E-state index contributed by atoms with van der Waals surface area (Å²) in [6, 6.07) is 6.33. The van der Waals surface area contributed by atoms with Gasteiger partial charge in [-0.3, -0.25) is 0 Å². The minimum atomic E-state index is 0.836. The Morgan fingerprint density at radius 3 is 2.68 bits per heavy atom. The molecule has 1 aromatic carbocycles. The van der Waals surface area contributed by atoms with Gasteiger partial charge in [-0.1, -0.05) is 19.4 Å². The van der Waals surface area contributed by atoms with Crippen molar-refractivity contribution in [2.45, 2.75) is 33.6 Å². The molecule has 0 saturated heterocycles. The number of pyridine rings is 1. The molecule has 0 atom stereocenters. The first-order valence-corrected chi connectivity index (χ1v) is 6.92. The van der Waals surface area contributed by atoms with Crippen molar-refractivity contribution in [3.63, 3.8) is 0 Å². The number of aromatic nitrogens is 1. The fourth-order valence-corrected chi connectivity index (χ4v) is 2.36. The van der Waals surface area contributed by atoms with Crippen LogP contribution in [0, 0.1) is 6.92 Å². The SMILES string of the molecule is CCCc1cc2c(C)ccc(OC)c2nc1NCC. The molecule has 0 bridgehead atoms. The number of nitrogens with one attached hydrogen (secondary N) is 1. The van der Waals surface area contributed by atoms with Gasteiger partial charge in [0.2, 0.25) is 0 Å². The fourth-order valence-electron chi connectivity index (χ4n) is 2.36. The Bertz CT molecular complexity index is 578. The van der Waals surface area contributed by atoms with E-state index >= 15 is 0 Å². The molecule has 2 aromatic rings. The highest BCUT2D eigenvalue weighted by molar-refractivity contribution is 5.89. The zero-order valence-corrected chi connectivity index (χ0v) is 12.2. The Hall–Kier alpha value is -1.77. The zero-order chi connectivity index (χ0) is 13.8. The first-order valence-electron chi connectivity index (χ1n) is 6.92. The highest BCUT2D eigenvalue weighted by Gasteiger charge is 2.11. The van der Waals surface area contributed by atoms with Crippen molar-refractivity contribution >= 4 is 16.7 Å². The van der Waals surface area contributed by atoms with Crippen LogP contribution >= 0.6 is 0 Å². The van der Waals surface area contributed by atoms with Gasteiger partial charge in [-0.2, -0.15) is 0 Å². The first kappa shape index (κ1) is 13.7. The molecule has 0 amide bonds. The number of fused-ring (bicyclic) bond motifs is 1. The van der Waals surface area contributed by atoms with Crippen molar-refractivity contribution in [1.29, 1.82) is 0 Å². The lowest BCUT2D eigenvalue weighted by atomic mass is 10.0. The van der Waals surface area contributed by atoms with Crippen molar-refractivity contribution in [1.82, 2.24) is 4.98 Å². The third kappa shape index (κ3) is 2.65. The minimum Gasteiger partial charge on any atom is -0.494 e. The van der Waals surface area contributed by atoms with Crippen LogP contribution in [0.15, 0.2) is 18.2 Å². The number of hydrogen-bond acceptors (Lipinski definition) is 3. The molecule has 1 heterocycles. The monoisotopic (exact) mass is 258 g/mol. The van der Waals surface area contributed by atoms with E-state index in [1.807, 2.05) is 6.07 Å². The third-order valence-electron chi connectivity index (χ3n) is 3.33. The number of hydrogen-bond donors (Lipinski definition) is 1. The molecule has 0 aliphatic rings. The normalized spacial score (nSPS) is 10.7. The average molecular weight is 258 g/mol. The van der Waals surface area contributed by atoms with Crippen LogP contribution in [-0.2, 0) is 6.42 Å². The summed E-state index contributed by atoms with van der Waals surface area (Å²) in [7, 11) is 1.69. The van der Waals surface area contributed by atoms with Crippen molar-refractivity contribution in [3.05, 3.63) is 29.3 Å². The molecule has 0 aliphatic carbocycles. The number of nitrogens with zero attached hydrogens (tertiary/aromatic N) is 1. The van der Waals surface area contributed by atoms with Gasteiger partial charge in [0.15, 0.2) is 0 Å². The molecule has 0 saturated carbocycles. The van der Waals surface area contributed by atoms with E-state index in [-0.39, 0.29) is 0 Å². The molecule has 3 nitrogen and oxygen atoms in total. The van der Waals surface area contributed by atoms with Crippen LogP contribution < -0.4 is 10.1 Å². The Balaban J connectivity index is 2.68. The summed E-state index contributed by atoms with van der Waals surface area (Å²) in [6.07, 6.45) is 2.16. The van der Waals surface area contributed by atoms with Crippen LogP contribution in [0.5, 0.6) is 5.75 Å². The smallest absolute Gasteiger partial charge is 0.145 e. The van der Waals surface area contributed by atoms with E-state index in [1.165, 1.54) is 16.5 Å². The molecule has 1 aromatic heterocycles. The van der Waals surface area contributed by atoms with Crippen LogP contribution in [0.1, 0.15) is 31.4 Å². The summed E-state index contributed by atoms with van der Waals surface area (Å²) in [5.74, 6) is 1.82. The van der Waals surface area contributed by atoms with Crippen LogP contribution in [0.4, 0.5) is 5.82 Å². The molecular formula is C16H22N2O. The summed E-state index contributed by atoms with van der Waals surface area (Å²) in [5.41, 5.74) is 3.47. The Labute approximate surface area is 115 Å². The second-order valence-electron chi connectivity index (χ2n) is 4.76. The number of anilines is 1. The van der Waals surface area contributed by atoms with E-state index in [9.17, 15) is 0 Å². The number of methoxy groups -OCH3 is 1. The van der Waals surface area contributed by atoms with Crippen LogP contribution in [0.2, 0.25) is 0 Å². The topological polar surface area (TPSA) is 34.1 Å². The fraction of sp³-hybridized carbons (Fsp3) is 0.438. The first-order chi connectivity index (χ1) is 9.21. The van der Waals surface area contributed by atoms with E-state index in [4.69, 9.17) is 9.72 Å². The van der Waals surface area contributed by atoms with Crippen LogP contribution in [0.3, 0.4) is 0 Å². The van der Waals surface area contributed by atoms with Gasteiger partial charge >= 0.3 is 0 Å². The van der Waals surface area contributed by atoms with Crippen LogP contribution in [-0.4, -0.2) is 18.6 Å². The minimum absolute atomic E-state index is 0.836. The summed E-state index contributed by atoms with van der Waals surface area (Å²) in [6.45, 7) is 7.28. The summed E-state index contributed by atoms with van der Waals surface area (Å²) in [4.78, 5) is 4.78. The van der Waals surface area contributed by atoms with Crippen molar-refractivity contribution in [2.24, 2.45) is 0 Å². The largest absolute Gasteiger partial charge is 0.494 e. The molecule has 2 rings (SSSR count). The highest BCUT2D eigenvalue weighted by atomic mass is 16.5. The maximum atomic E-state index is 5.43. The molecule has 0 fully saturated rings. The number of benzene rings is 1. The molecule has 102 valence electrons. The summed E-state index contributed by atoms with van der Waals surface area (Å²) >= 11 is 0. The van der Waals surface area contributed by atoms with E-state index < -0.39 is 0 Å². The molecular weight excluding hydrogens is 236 g/mol. The van der Waals surface area contributed by atoms with Gasteiger partial charge < -0.3 is 10.1 Å². The predicted molar refractivity (Wildman–Crippen MR) is 81.2 cm³/mol. The van der Waals surface area contributed by atoms with Gasteiger partial charge in [0.25, 0.3) is 0 Å². The average Bonchev–Trinajstić information content (AvgIpc) is 2.41. The van der Waals surface area contributed by atoms with E-state index in [1.54, 1.807) is 7.11 Å². The van der Waals surface area contributed by atoms with E-state index in [0.717, 1.165) is 36.5 Å². The van der Waals surface area contributed by atoms with Crippen LogP contribution in [0.25, 0.3) is 10.9 Å². The molecule has 1 N–H and O–H groups in total. The summed E-state index contributed by atoms with van der Waals surface area (Å²) < 4.78 is 5.43. The van der Waals surface area contributed by atoms with Gasteiger partial charge in [-0.05, 0) is 43.5 Å². The van der Waals surface area contributed by atoms with Gasteiger partial charge in [-0.25, -0.2) is 4.98 Å².